The van der Waals surface area contributed by atoms with Crippen molar-refractivity contribution in [3.63, 3.8) is 0 Å². The molecule has 8 heteroatoms. The number of carbonyl (C=O) groups is 2. The van der Waals surface area contributed by atoms with Gasteiger partial charge in [-0.1, -0.05) is 18.6 Å². The van der Waals surface area contributed by atoms with Crippen LogP contribution in [-0.4, -0.2) is 28.9 Å². The highest BCUT2D eigenvalue weighted by Gasteiger charge is 2.44. The molecule has 2 fully saturated rings. The lowest BCUT2D eigenvalue weighted by Gasteiger charge is -2.33. The van der Waals surface area contributed by atoms with Gasteiger partial charge in [-0.25, -0.2) is 0 Å². The molecule has 2 unspecified atom stereocenters. The molecular weight excluding hydrogens is 421 g/mol. The second kappa shape index (κ2) is 9.38. The van der Waals surface area contributed by atoms with Gasteiger partial charge in [-0.2, -0.15) is 13.2 Å². The van der Waals surface area contributed by atoms with E-state index in [4.69, 9.17) is 4.42 Å². The molecule has 32 heavy (non-hydrogen) atoms. The number of halogens is 3. The van der Waals surface area contributed by atoms with Crippen molar-refractivity contribution >= 4 is 11.8 Å². The zero-order chi connectivity index (χ0) is 22.7. The highest BCUT2D eigenvalue weighted by molar-refractivity contribution is 5.94. The minimum atomic E-state index is -4.28. The lowest BCUT2D eigenvalue weighted by Crippen LogP contribution is -2.39. The predicted octanol–water partition coefficient (Wildman–Crippen LogP) is 5.07. The molecule has 2 aromatic rings. The van der Waals surface area contributed by atoms with E-state index in [1.54, 1.807) is 41.3 Å². The van der Waals surface area contributed by atoms with E-state index < -0.39 is 18.0 Å². The van der Waals surface area contributed by atoms with Gasteiger partial charge in [0.2, 0.25) is 5.91 Å². The Labute approximate surface area is 185 Å². The summed E-state index contributed by atoms with van der Waals surface area (Å²) < 4.78 is 45.1. The number of carbonyl (C=O) groups excluding carboxylic acids is 2. The Morgan fingerprint density at radius 2 is 1.78 bits per heavy atom. The third kappa shape index (κ3) is 5.72. The van der Waals surface area contributed by atoms with Gasteiger partial charge >= 0.3 is 6.18 Å². The third-order valence-corrected chi connectivity index (χ3v) is 6.23. The van der Waals surface area contributed by atoms with E-state index in [1.165, 1.54) is 6.26 Å². The van der Waals surface area contributed by atoms with Crippen LogP contribution >= 0.6 is 0 Å². The molecule has 0 saturated heterocycles. The van der Waals surface area contributed by atoms with Gasteiger partial charge in [0.05, 0.1) is 18.7 Å². The standard InChI is InChI=1S/C24H27F3N2O3/c25-24(26,27)19-4-1-3-18(13-19)23(31)29(15-21-5-2-12-32-21)14-16-6-8-17(9-7-16)22(30)28-20-10-11-20/h2,5-9,12,18-20H,1,3-4,10-11,13-15H2,(H,28,30). The van der Waals surface area contributed by atoms with Gasteiger partial charge in [0, 0.05) is 24.1 Å². The lowest BCUT2D eigenvalue weighted by molar-refractivity contribution is -0.187. The summed E-state index contributed by atoms with van der Waals surface area (Å²) in [6.45, 7) is 0.417. The van der Waals surface area contributed by atoms with Crippen LogP contribution in [0.2, 0.25) is 0 Å². The Hall–Kier alpha value is -2.77. The van der Waals surface area contributed by atoms with Gasteiger partial charge in [-0.05, 0) is 61.9 Å². The number of hydrogen-bond donors (Lipinski definition) is 1. The first-order valence-corrected chi connectivity index (χ1v) is 11.1. The van der Waals surface area contributed by atoms with E-state index in [9.17, 15) is 22.8 Å². The molecule has 0 bridgehead atoms. The largest absolute Gasteiger partial charge is 0.467 e. The fourth-order valence-corrected chi connectivity index (χ4v) is 4.25. The molecule has 0 spiro atoms. The molecule has 2 atom stereocenters. The van der Waals surface area contributed by atoms with Gasteiger partial charge in [0.15, 0.2) is 0 Å². The minimum absolute atomic E-state index is 0.0792. The zero-order valence-electron chi connectivity index (χ0n) is 17.7. The first-order chi connectivity index (χ1) is 15.3. The van der Waals surface area contributed by atoms with Crippen LogP contribution in [0.3, 0.4) is 0 Å². The van der Waals surface area contributed by atoms with Crippen LogP contribution in [-0.2, 0) is 17.9 Å². The van der Waals surface area contributed by atoms with Crippen molar-refractivity contribution in [3.8, 4) is 0 Å². The second-order valence-corrected chi connectivity index (χ2v) is 8.82. The predicted molar refractivity (Wildman–Crippen MR) is 111 cm³/mol. The lowest BCUT2D eigenvalue weighted by atomic mass is 9.80. The summed E-state index contributed by atoms with van der Waals surface area (Å²) in [7, 11) is 0. The van der Waals surface area contributed by atoms with E-state index in [0.717, 1.165) is 18.4 Å². The molecule has 2 aliphatic rings. The number of rotatable bonds is 7. The van der Waals surface area contributed by atoms with E-state index in [1.807, 2.05) is 0 Å². The van der Waals surface area contributed by atoms with Crippen molar-refractivity contribution in [3.05, 3.63) is 59.5 Å². The molecule has 0 aliphatic heterocycles. The average Bonchev–Trinajstić information content (AvgIpc) is 3.44. The maximum absolute atomic E-state index is 13.3. The van der Waals surface area contributed by atoms with E-state index in [0.29, 0.717) is 24.2 Å². The monoisotopic (exact) mass is 448 g/mol. The Balaban J connectivity index is 1.46. The Bertz CT molecular complexity index is 921. The van der Waals surface area contributed by atoms with Gasteiger partial charge in [0.25, 0.3) is 5.91 Å². The van der Waals surface area contributed by atoms with Gasteiger partial charge in [0.1, 0.15) is 5.76 Å². The first-order valence-electron chi connectivity index (χ1n) is 11.1. The quantitative estimate of drug-likeness (QED) is 0.643. The highest BCUT2D eigenvalue weighted by atomic mass is 19.4. The summed E-state index contributed by atoms with van der Waals surface area (Å²) in [5, 5.41) is 2.93. The molecular formula is C24H27F3N2O3. The van der Waals surface area contributed by atoms with Crippen LogP contribution in [0, 0.1) is 11.8 Å². The summed E-state index contributed by atoms with van der Waals surface area (Å²) in [5.74, 6) is -1.93. The molecule has 5 nitrogen and oxygen atoms in total. The molecule has 2 aliphatic carbocycles. The van der Waals surface area contributed by atoms with Crippen molar-refractivity contribution in [2.24, 2.45) is 11.8 Å². The number of alkyl halides is 3. The molecule has 172 valence electrons. The fraction of sp³-hybridized carbons (Fsp3) is 0.500. The molecule has 4 rings (SSSR count). The van der Waals surface area contributed by atoms with Crippen LogP contribution in [0.4, 0.5) is 13.2 Å². The average molecular weight is 448 g/mol. The molecule has 1 aromatic carbocycles. The second-order valence-electron chi connectivity index (χ2n) is 8.82. The van der Waals surface area contributed by atoms with Crippen molar-refractivity contribution in [2.45, 2.75) is 63.8 Å². The van der Waals surface area contributed by atoms with E-state index >= 15 is 0 Å². The topological polar surface area (TPSA) is 62.6 Å². The van der Waals surface area contributed by atoms with E-state index in [-0.39, 0.29) is 43.8 Å². The number of nitrogens with one attached hydrogen (secondary N) is 1. The molecule has 2 amide bonds. The van der Waals surface area contributed by atoms with E-state index in [2.05, 4.69) is 5.32 Å². The van der Waals surface area contributed by atoms with Gasteiger partial charge in [-0.3, -0.25) is 9.59 Å². The van der Waals surface area contributed by atoms with Crippen molar-refractivity contribution in [2.75, 3.05) is 0 Å². The van der Waals surface area contributed by atoms with Crippen LogP contribution in [0.1, 0.15) is 60.2 Å². The molecule has 0 radical (unpaired) electrons. The Morgan fingerprint density at radius 3 is 2.41 bits per heavy atom. The zero-order valence-corrected chi connectivity index (χ0v) is 17.7. The Kier molecular flexibility index (Phi) is 6.58. The number of benzene rings is 1. The summed E-state index contributed by atoms with van der Waals surface area (Å²) in [5.41, 5.74) is 1.35. The molecule has 1 aromatic heterocycles. The molecule has 2 saturated carbocycles. The summed E-state index contributed by atoms with van der Waals surface area (Å²) in [4.78, 5) is 27.0. The van der Waals surface area contributed by atoms with Crippen LogP contribution in [0.5, 0.6) is 0 Å². The first kappa shape index (κ1) is 22.4. The number of amides is 2. The maximum atomic E-state index is 13.3. The summed E-state index contributed by atoms with van der Waals surface area (Å²) in [6.07, 6.45) is -0.00523. The van der Waals surface area contributed by atoms with Crippen molar-refractivity contribution in [1.29, 1.82) is 0 Å². The Morgan fingerprint density at radius 1 is 1.03 bits per heavy atom. The summed E-state index contributed by atoms with van der Waals surface area (Å²) in [6, 6.07) is 10.7. The van der Waals surface area contributed by atoms with Crippen molar-refractivity contribution < 1.29 is 27.2 Å². The maximum Gasteiger partial charge on any atom is 0.391 e. The number of furan rings is 1. The van der Waals surface area contributed by atoms with Gasteiger partial charge in [-0.15, -0.1) is 0 Å². The fourth-order valence-electron chi connectivity index (χ4n) is 4.25. The highest BCUT2D eigenvalue weighted by Crippen LogP contribution is 2.40. The smallest absolute Gasteiger partial charge is 0.391 e. The third-order valence-electron chi connectivity index (χ3n) is 6.23. The normalized spacial score (nSPS) is 21.2. The van der Waals surface area contributed by atoms with Gasteiger partial charge < -0.3 is 14.6 Å². The minimum Gasteiger partial charge on any atom is -0.467 e. The van der Waals surface area contributed by atoms with Crippen molar-refractivity contribution in [1.82, 2.24) is 10.2 Å². The number of hydrogen-bond acceptors (Lipinski definition) is 3. The van der Waals surface area contributed by atoms with Crippen LogP contribution in [0.25, 0.3) is 0 Å². The van der Waals surface area contributed by atoms with Crippen LogP contribution < -0.4 is 5.32 Å². The number of nitrogens with zero attached hydrogens (tertiary/aromatic N) is 1. The summed E-state index contributed by atoms with van der Waals surface area (Å²) >= 11 is 0. The SMILES string of the molecule is O=C(NC1CC1)c1ccc(CN(Cc2ccco2)C(=O)C2CCCC(C(F)(F)F)C2)cc1. The molecule has 1 N–H and O–H groups in total. The molecule has 1 heterocycles. The van der Waals surface area contributed by atoms with Crippen LogP contribution in [0.15, 0.2) is 47.1 Å².